The number of methoxy groups -OCH3 is 3. The van der Waals surface area contributed by atoms with E-state index in [1.807, 2.05) is 53.4 Å². The molecule has 0 radical (unpaired) electrons. The van der Waals surface area contributed by atoms with Crippen LogP contribution in [0.15, 0.2) is 53.9 Å². The molecular weight excluding hydrogens is 450 g/mol. The predicted molar refractivity (Wildman–Crippen MR) is 135 cm³/mol. The van der Waals surface area contributed by atoms with Crippen LogP contribution in [-0.2, 0) is 11.3 Å². The van der Waals surface area contributed by atoms with Gasteiger partial charge >= 0.3 is 0 Å². The molecule has 0 aliphatic carbocycles. The van der Waals surface area contributed by atoms with Crippen molar-refractivity contribution >= 4 is 23.3 Å². The SMILES string of the molecule is COc1ccc(-c2nc(CN3CCN(C(=O)/C=C/c4ccc(OC)c(OC)c4)CC3)cs2)cc1. The van der Waals surface area contributed by atoms with Crippen LogP contribution in [0.2, 0.25) is 0 Å². The molecule has 8 heteroatoms. The molecule has 1 aliphatic rings. The molecule has 2 aromatic carbocycles. The number of thiazole rings is 1. The number of ether oxygens (including phenoxy) is 3. The maximum Gasteiger partial charge on any atom is 0.246 e. The molecule has 1 fully saturated rings. The fourth-order valence-corrected chi connectivity index (χ4v) is 4.65. The fourth-order valence-electron chi connectivity index (χ4n) is 3.83. The van der Waals surface area contributed by atoms with Crippen LogP contribution in [-0.4, -0.2) is 68.2 Å². The molecule has 2 heterocycles. The van der Waals surface area contributed by atoms with E-state index >= 15 is 0 Å². The van der Waals surface area contributed by atoms with Gasteiger partial charge in [0, 0.05) is 49.7 Å². The maximum atomic E-state index is 12.7. The van der Waals surface area contributed by atoms with Gasteiger partial charge in [-0.2, -0.15) is 0 Å². The standard InChI is InChI=1S/C26H29N3O4S/c1-31-22-8-6-20(7-9-22)26-27-21(18-34-26)17-28-12-14-29(15-13-28)25(30)11-5-19-4-10-23(32-2)24(16-19)33-3/h4-11,16,18H,12-15,17H2,1-3H3/b11-5+. The predicted octanol–water partition coefficient (Wildman–Crippen LogP) is 4.19. The summed E-state index contributed by atoms with van der Waals surface area (Å²) in [6, 6.07) is 13.5. The summed E-state index contributed by atoms with van der Waals surface area (Å²) < 4.78 is 15.8. The zero-order valence-corrected chi connectivity index (χ0v) is 20.5. The lowest BCUT2D eigenvalue weighted by Crippen LogP contribution is -2.47. The Morgan fingerprint density at radius 3 is 2.38 bits per heavy atom. The average Bonchev–Trinajstić information content (AvgIpc) is 3.36. The van der Waals surface area contributed by atoms with E-state index in [0.717, 1.165) is 47.2 Å². The topological polar surface area (TPSA) is 64.1 Å². The summed E-state index contributed by atoms with van der Waals surface area (Å²) in [7, 11) is 4.87. The number of carbonyl (C=O) groups is 1. The normalized spacial score (nSPS) is 14.4. The van der Waals surface area contributed by atoms with Crippen LogP contribution in [0.3, 0.4) is 0 Å². The minimum atomic E-state index is 0.0184. The fraction of sp³-hybridized carbons (Fsp3) is 0.308. The van der Waals surface area contributed by atoms with Crippen LogP contribution in [0.25, 0.3) is 16.6 Å². The van der Waals surface area contributed by atoms with Gasteiger partial charge in [0.05, 0.1) is 27.0 Å². The summed E-state index contributed by atoms with van der Waals surface area (Å²) >= 11 is 1.65. The van der Waals surface area contributed by atoms with Gasteiger partial charge in [0.2, 0.25) is 5.91 Å². The van der Waals surface area contributed by atoms with E-state index in [2.05, 4.69) is 10.3 Å². The van der Waals surface area contributed by atoms with Crippen LogP contribution in [0.1, 0.15) is 11.3 Å². The quantitative estimate of drug-likeness (QED) is 0.452. The van der Waals surface area contributed by atoms with E-state index in [1.54, 1.807) is 38.7 Å². The Morgan fingerprint density at radius 1 is 0.971 bits per heavy atom. The number of rotatable bonds is 8. The van der Waals surface area contributed by atoms with E-state index in [0.29, 0.717) is 24.6 Å². The summed E-state index contributed by atoms with van der Waals surface area (Å²) in [6.45, 7) is 3.84. The lowest BCUT2D eigenvalue weighted by Gasteiger charge is -2.33. The highest BCUT2D eigenvalue weighted by molar-refractivity contribution is 7.13. The van der Waals surface area contributed by atoms with Gasteiger partial charge < -0.3 is 19.1 Å². The second kappa shape index (κ2) is 11.2. The third kappa shape index (κ3) is 5.76. The molecule has 0 atom stereocenters. The lowest BCUT2D eigenvalue weighted by molar-refractivity contribution is -0.127. The minimum absolute atomic E-state index is 0.0184. The number of piperazine rings is 1. The van der Waals surface area contributed by atoms with Gasteiger partial charge in [0.25, 0.3) is 0 Å². The van der Waals surface area contributed by atoms with Gasteiger partial charge in [0.15, 0.2) is 11.5 Å². The van der Waals surface area contributed by atoms with Crippen molar-refractivity contribution in [3.05, 3.63) is 65.2 Å². The van der Waals surface area contributed by atoms with Crippen LogP contribution < -0.4 is 14.2 Å². The molecule has 178 valence electrons. The zero-order valence-electron chi connectivity index (χ0n) is 19.7. The number of nitrogens with zero attached hydrogens (tertiary/aromatic N) is 3. The van der Waals surface area contributed by atoms with E-state index in [9.17, 15) is 4.79 Å². The van der Waals surface area contributed by atoms with Gasteiger partial charge in [-0.1, -0.05) is 6.07 Å². The molecule has 0 unspecified atom stereocenters. The average molecular weight is 480 g/mol. The highest BCUT2D eigenvalue weighted by Gasteiger charge is 2.20. The van der Waals surface area contributed by atoms with Gasteiger partial charge in [-0.05, 0) is 48.0 Å². The second-order valence-corrected chi connectivity index (χ2v) is 8.78. The molecule has 7 nitrogen and oxygen atoms in total. The van der Waals surface area contributed by atoms with Crippen LogP contribution in [0, 0.1) is 0 Å². The Balaban J connectivity index is 1.28. The summed E-state index contributed by atoms with van der Waals surface area (Å²) in [5, 5.41) is 3.12. The van der Waals surface area contributed by atoms with Crippen LogP contribution in [0.5, 0.6) is 17.2 Å². The number of carbonyl (C=O) groups excluding carboxylic acids is 1. The Kier molecular flexibility index (Phi) is 7.82. The van der Waals surface area contributed by atoms with E-state index in [4.69, 9.17) is 19.2 Å². The summed E-state index contributed by atoms with van der Waals surface area (Å²) in [5.74, 6) is 2.16. The van der Waals surface area contributed by atoms with Crippen LogP contribution >= 0.6 is 11.3 Å². The van der Waals surface area contributed by atoms with E-state index in [-0.39, 0.29) is 5.91 Å². The summed E-state index contributed by atoms with van der Waals surface area (Å²) in [6.07, 6.45) is 3.44. The first-order chi connectivity index (χ1) is 16.6. The minimum Gasteiger partial charge on any atom is -0.497 e. The molecule has 1 aromatic heterocycles. The number of amides is 1. The van der Waals surface area contributed by atoms with Gasteiger partial charge in [-0.15, -0.1) is 11.3 Å². The Bertz CT molecular complexity index is 1140. The van der Waals surface area contributed by atoms with Crippen molar-refractivity contribution in [2.75, 3.05) is 47.5 Å². The highest BCUT2D eigenvalue weighted by atomic mass is 32.1. The Labute approximate surface area is 204 Å². The van der Waals surface area contributed by atoms with Crippen molar-refractivity contribution in [3.8, 4) is 27.8 Å². The van der Waals surface area contributed by atoms with Crippen molar-refractivity contribution in [1.29, 1.82) is 0 Å². The largest absolute Gasteiger partial charge is 0.497 e. The number of hydrogen-bond acceptors (Lipinski definition) is 7. The Hall–Kier alpha value is -3.36. The first kappa shape index (κ1) is 23.8. The molecule has 1 saturated heterocycles. The third-order valence-electron chi connectivity index (χ3n) is 5.78. The molecule has 0 saturated carbocycles. The van der Waals surface area contributed by atoms with Crippen molar-refractivity contribution in [3.63, 3.8) is 0 Å². The molecule has 1 amide bonds. The van der Waals surface area contributed by atoms with E-state index < -0.39 is 0 Å². The summed E-state index contributed by atoms with van der Waals surface area (Å²) in [5.41, 5.74) is 3.04. The molecule has 0 bridgehead atoms. The number of aromatic nitrogens is 1. The monoisotopic (exact) mass is 479 g/mol. The van der Waals surface area contributed by atoms with Gasteiger partial charge in [-0.3, -0.25) is 9.69 Å². The smallest absolute Gasteiger partial charge is 0.246 e. The summed E-state index contributed by atoms with van der Waals surface area (Å²) in [4.78, 5) is 21.7. The molecule has 1 aliphatic heterocycles. The molecule has 0 spiro atoms. The maximum absolute atomic E-state index is 12.7. The molecule has 4 rings (SSSR count). The van der Waals surface area contributed by atoms with Crippen molar-refractivity contribution in [1.82, 2.24) is 14.8 Å². The third-order valence-corrected chi connectivity index (χ3v) is 6.72. The first-order valence-corrected chi connectivity index (χ1v) is 12.0. The number of benzene rings is 2. The highest BCUT2D eigenvalue weighted by Crippen LogP contribution is 2.28. The number of hydrogen-bond donors (Lipinski definition) is 0. The van der Waals surface area contributed by atoms with Gasteiger partial charge in [0.1, 0.15) is 10.8 Å². The first-order valence-electron chi connectivity index (χ1n) is 11.1. The Morgan fingerprint density at radius 2 is 1.71 bits per heavy atom. The van der Waals surface area contributed by atoms with E-state index in [1.165, 1.54) is 0 Å². The zero-order chi connectivity index (χ0) is 23.9. The lowest BCUT2D eigenvalue weighted by atomic mass is 10.2. The molecule has 34 heavy (non-hydrogen) atoms. The van der Waals surface area contributed by atoms with Crippen molar-refractivity contribution in [2.45, 2.75) is 6.54 Å². The second-order valence-electron chi connectivity index (χ2n) is 7.92. The van der Waals surface area contributed by atoms with Gasteiger partial charge in [-0.25, -0.2) is 4.98 Å². The molecule has 0 N–H and O–H groups in total. The van der Waals surface area contributed by atoms with Crippen molar-refractivity contribution in [2.24, 2.45) is 0 Å². The molecule has 3 aromatic rings. The van der Waals surface area contributed by atoms with Crippen molar-refractivity contribution < 1.29 is 19.0 Å². The molecular formula is C26H29N3O4S. The van der Waals surface area contributed by atoms with Crippen LogP contribution in [0.4, 0.5) is 0 Å².